The van der Waals surface area contributed by atoms with Gasteiger partial charge in [0.15, 0.2) is 0 Å². The van der Waals surface area contributed by atoms with Crippen LogP contribution in [0.1, 0.15) is 5.69 Å². The Balaban J connectivity index is 2.53. The number of anilines is 2. The van der Waals surface area contributed by atoms with Crippen LogP contribution >= 0.6 is 43.5 Å². The average Bonchev–Trinajstić information content (AvgIpc) is 2.32. The largest absolute Gasteiger partial charge is 0.333 e. The van der Waals surface area contributed by atoms with E-state index in [-0.39, 0.29) is 22.5 Å². The van der Waals surface area contributed by atoms with Gasteiger partial charge >= 0.3 is 5.69 Å². The van der Waals surface area contributed by atoms with Crippen LogP contribution < -0.4 is 5.32 Å². The van der Waals surface area contributed by atoms with Crippen LogP contribution in [-0.2, 0) is 0 Å². The van der Waals surface area contributed by atoms with Crippen LogP contribution in [0.5, 0.6) is 0 Å². The highest BCUT2D eigenvalue weighted by Gasteiger charge is 2.22. The third-order valence-corrected chi connectivity index (χ3v) is 3.75. The van der Waals surface area contributed by atoms with Crippen molar-refractivity contribution in [2.24, 2.45) is 0 Å². The molecule has 0 saturated heterocycles. The van der Waals surface area contributed by atoms with Crippen LogP contribution in [0.4, 0.5) is 17.2 Å². The van der Waals surface area contributed by atoms with Crippen molar-refractivity contribution in [3.8, 4) is 0 Å². The molecule has 0 saturated carbocycles. The van der Waals surface area contributed by atoms with Gasteiger partial charge in [-0.05, 0) is 52.7 Å². The molecule has 0 bridgehead atoms. The summed E-state index contributed by atoms with van der Waals surface area (Å²) in [5.41, 5.74) is 0.613. The van der Waals surface area contributed by atoms with E-state index in [1.54, 1.807) is 12.1 Å². The number of nitro groups is 1. The van der Waals surface area contributed by atoms with Gasteiger partial charge in [-0.2, -0.15) is 4.98 Å². The molecule has 0 amide bonds. The van der Waals surface area contributed by atoms with Gasteiger partial charge in [-0.15, -0.1) is 0 Å². The summed E-state index contributed by atoms with van der Waals surface area (Å²) in [6, 6.07) is 5.40. The van der Waals surface area contributed by atoms with Gasteiger partial charge in [-0.25, -0.2) is 4.98 Å². The second-order valence-corrected chi connectivity index (χ2v) is 5.89. The maximum atomic E-state index is 11.1. The summed E-state index contributed by atoms with van der Waals surface area (Å²) in [5, 5.41) is 14.0. The fourth-order valence-corrected chi connectivity index (χ4v) is 2.48. The van der Waals surface area contributed by atoms with E-state index in [4.69, 9.17) is 11.6 Å². The molecular weight excluding hydrogens is 415 g/mol. The van der Waals surface area contributed by atoms with Gasteiger partial charge in [0, 0.05) is 8.95 Å². The van der Waals surface area contributed by atoms with Gasteiger partial charge in [0.05, 0.1) is 10.6 Å². The summed E-state index contributed by atoms with van der Waals surface area (Å²) >= 11 is 12.4. The summed E-state index contributed by atoms with van der Waals surface area (Å²) in [4.78, 5) is 18.3. The molecule has 1 N–H and O–H groups in total. The number of rotatable bonds is 3. The van der Waals surface area contributed by atoms with Gasteiger partial charge in [0.25, 0.3) is 0 Å². The van der Waals surface area contributed by atoms with Gasteiger partial charge in [-0.3, -0.25) is 10.1 Å². The Morgan fingerprint density at radius 3 is 2.70 bits per heavy atom. The zero-order valence-corrected chi connectivity index (χ0v) is 14.0. The summed E-state index contributed by atoms with van der Waals surface area (Å²) in [7, 11) is 0. The number of nitrogens with one attached hydrogen (secondary N) is 1. The zero-order chi connectivity index (χ0) is 14.9. The highest BCUT2D eigenvalue weighted by Crippen LogP contribution is 2.33. The molecule has 9 heteroatoms. The standard InChI is InChI=1S/C11H7Br2ClN4O2/c1-5-9(18(19)20)10(17-11(14)15-5)16-8-4-6(12)2-3-7(8)13/h2-4H,1H3,(H,15,16,17). The van der Waals surface area contributed by atoms with Crippen LogP contribution in [-0.4, -0.2) is 14.9 Å². The van der Waals surface area contributed by atoms with Gasteiger partial charge in [0.1, 0.15) is 5.69 Å². The maximum Gasteiger partial charge on any atom is 0.332 e. The Bertz CT molecular complexity index is 696. The Kier molecular flexibility index (Phi) is 4.56. The van der Waals surface area contributed by atoms with E-state index in [2.05, 4.69) is 47.1 Å². The minimum absolute atomic E-state index is 0.0475. The molecule has 104 valence electrons. The van der Waals surface area contributed by atoms with E-state index in [9.17, 15) is 10.1 Å². The quantitative estimate of drug-likeness (QED) is 0.444. The first-order valence-electron chi connectivity index (χ1n) is 5.29. The highest BCUT2D eigenvalue weighted by molar-refractivity contribution is 9.11. The Labute approximate surface area is 136 Å². The van der Waals surface area contributed by atoms with E-state index in [0.29, 0.717) is 5.69 Å². The lowest BCUT2D eigenvalue weighted by molar-refractivity contribution is -0.385. The third kappa shape index (κ3) is 3.25. The van der Waals surface area contributed by atoms with E-state index >= 15 is 0 Å². The number of aromatic nitrogens is 2. The van der Waals surface area contributed by atoms with Crippen LogP contribution in [0.2, 0.25) is 5.28 Å². The summed E-state index contributed by atoms with van der Waals surface area (Å²) in [6.45, 7) is 1.51. The molecule has 0 atom stereocenters. The molecule has 0 spiro atoms. The molecule has 0 aliphatic carbocycles. The summed E-state index contributed by atoms with van der Waals surface area (Å²) in [6.07, 6.45) is 0. The molecule has 0 aliphatic rings. The van der Waals surface area contributed by atoms with Crippen LogP contribution in [0, 0.1) is 17.0 Å². The monoisotopic (exact) mass is 420 g/mol. The first-order valence-corrected chi connectivity index (χ1v) is 7.25. The van der Waals surface area contributed by atoms with Crippen molar-refractivity contribution in [2.75, 3.05) is 5.32 Å². The average molecular weight is 422 g/mol. The minimum Gasteiger partial charge on any atom is -0.333 e. The van der Waals surface area contributed by atoms with Crippen molar-refractivity contribution in [3.05, 3.63) is 48.2 Å². The molecule has 1 aromatic carbocycles. The number of hydrogen-bond acceptors (Lipinski definition) is 5. The lowest BCUT2D eigenvalue weighted by Crippen LogP contribution is -2.04. The molecule has 0 fully saturated rings. The van der Waals surface area contributed by atoms with Crippen molar-refractivity contribution >= 4 is 60.7 Å². The first kappa shape index (κ1) is 15.1. The lowest BCUT2D eigenvalue weighted by atomic mass is 10.3. The molecule has 0 unspecified atom stereocenters. The molecule has 0 radical (unpaired) electrons. The van der Waals surface area contributed by atoms with Gasteiger partial charge in [0.2, 0.25) is 11.1 Å². The first-order chi connectivity index (χ1) is 9.38. The zero-order valence-electron chi connectivity index (χ0n) is 10.0. The fraction of sp³-hybridized carbons (Fsp3) is 0.0909. The summed E-state index contributed by atoms with van der Waals surface area (Å²) < 4.78 is 1.56. The number of halogens is 3. The SMILES string of the molecule is Cc1nc(Cl)nc(Nc2cc(Br)ccc2Br)c1[N+](=O)[O-]. The number of hydrogen-bond donors (Lipinski definition) is 1. The third-order valence-electron chi connectivity index (χ3n) is 2.40. The number of nitrogens with zero attached hydrogens (tertiary/aromatic N) is 3. The van der Waals surface area contributed by atoms with E-state index in [1.807, 2.05) is 6.07 Å². The fourth-order valence-electron chi connectivity index (χ4n) is 1.56. The van der Waals surface area contributed by atoms with Crippen molar-refractivity contribution < 1.29 is 4.92 Å². The molecule has 2 rings (SSSR count). The molecule has 6 nitrogen and oxygen atoms in total. The molecule has 0 aliphatic heterocycles. The van der Waals surface area contributed by atoms with Crippen LogP contribution in [0.15, 0.2) is 27.1 Å². The number of aryl methyl sites for hydroxylation is 1. The molecule has 1 aromatic heterocycles. The van der Waals surface area contributed by atoms with Crippen LogP contribution in [0.25, 0.3) is 0 Å². The number of benzene rings is 1. The highest BCUT2D eigenvalue weighted by atomic mass is 79.9. The second kappa shape index (κ2) is 6.02. The Hall–Kier alpha value is -1.25. The smallest absolute Gasteiger partial charge is 0.332 e. The predicted octanol–water partition coefficient (Wildman–Crippen LogP) is 4.62. The predicted molar refractivity (Wildman–Crippen MR) is 83.6 cm³/mol. The Morgan fingerprint density at radius 1 is 1.35 bits per heavy atom. The molecule has 20 heavy (non-hydrogen) atoms. The normalized spacial score (nSPS) is 10.4. The molecule has 2 aromatic rings. The van der Waals surface area contributed by atoms with E-state index in [1.165, 1.54) is 6.92 Å². The summed E-state index contributed by atoms with van der Waals surface area (Å²) in [5.74, 6) is 0.0475. The lowest BCUT2D eigenvalue weighted by Gasteiger charge is -2.09. The minimum atomic E-state index is -0.542. The van der Waals surface area contributed by atoms with E-state index < -0.39 is 4.92 Å². The van der Waals surface area contributed by atoms with E-state index in [0.717, 1.165) is 8.95 Å². The van der Waals surface area contributed by atoms with Gasteiger partial charge in [-0.1, -0.05) is 15.9 Å². The Morgan fingerprint density at radius 2 is 2.05 bits per heavy atom. The van der Waals surface area contributed by atoms with Gasteiger partial charge < -0.3 is 5.32 Å². The molecular formula is C11H7Br2ClN4O2. The van der Waals surface area contributed by atoms with Crippen LogP contribution in [0.3, 0.4) is 0 Å². The van der Waals surface area contributed by atoms with Crippen molar-refractivity contribution in [3.63, 3.8) is 0 Å². The van der Waals surface area contributed by atoms with Crippen molar-refractivity contribution in [1.29, 1.82) is 0 Å². The maximum absolute atomic E-state index is 11.1. The van der Waals surface area contributed by atoms with Crippen molar-refractivity contribution in [2.45, 2.75) is 6.92 Å². The van der Waals surface area contributed by atoms with Crippen molar-refractivity contribution in [1.82, 2.24) is 9.97 Å². The topological polar surface area (TPSA) is 81.0 Å². The molecule has 1 heterocycles. The second-order valence-electron chi connectivity index (χ2n) is 3.78.